The van der Waals surface area contributed by atoms with Gasteiger partial charge < -0.3 is 15.5 Å². The first-order valence-corrected chi connectivity index (χ1v) is 8.97. The lowest BCUT2D eigenvalue weighted by molar-refractivity contribution is -0.132. The number of H-pyrrole nitrogens is 1. The van der Waals surface area contributed by atoms with E-state index in [-0.39, 0.29) is 5.91 Å². The highest BCUT2D eigenvalue weighted by Crippen LogP contribution is 2.22. The van der Waals surface area contributed by atoms with Crippen molar-refractivity contribution in [2.75, 3.05) is 31.1 Å². The molecule has 2 aromatic carbocycles. The normalized spacial score (nSPS) is 16.0. The van der Waals surface area contributed by atoms with Gasteiger partial charge >= 0.3 is 0 Å². The van der Waals surface area contributed by atoms with E-state index in [1.165, 1.54) is 5.69 Å². The van der Waals surface area contributed by atoms with Crippen LogP contribution in [0, 0.1) is 0 Å². The van der Waals surface area contributed by atoms with Gasteiger partial charge in [0.1, 0.15) is 0 Å². The molecule has 3 N–H and O–H groups in total. The van der Waals surface area contributed by atoms with Gasteiger partial charge in [0.2, 0.25) is 5.91 Å². The standard InChI is InChI=1S/C20H23N5O/c21-18(12-15-4-2-1-3-5-15)20(26)25-10-8-24(9-11-25)17-6-7-19-16(13-17)14-22-23-19/h1-7,13-14,18H,8-12,21H2,(H,22,23)/t18-/m1/s1. The number of carbonyl (C=O) groups excluding carboxylic acids is 1. The number of hydrogen-bond donors (Lipinski definition) is 2. The molecule has 3 aromatic rings. The van der Waals surface area contributed by atoms with Gasteiger partial charge in [0.15, 0.2) is 0 Å². The minimum atomic E-state index is -0.480. The number of amides is 1. The van der Waals surface area contributed by atoms with Gasteiger partial charge in [-0.15, -0.1) is 0 Å². The van der Waals surface area contributed by atoms with Gasteiger partial charge in [0.25, 0.3) is 0 Å². The van der Waals surface area contributed by atoms with Crippen LogP contribution in [0.2, 0.25) is 0 Å². The van der Waals surface area contributed by atoms with Crippen molar-refractivity contribution in [1.82, 2.24) is 15.1 Å². The van der Waals surface area contributed by atoms with Gasteiger partial charge in [-0.1, -0.05) is 30.3 Å². The highest BCUT2D eigenvalue weighted by Gasteiger charge is 2.25. The molecule has 0 radical (unpaired) electrons. The van der Waals surface area contributed by atoms with E-state index in [2.05, 4.69) is 27.2 Å². The van der Waals surface area contributed by atoms with E-state index < -0.39 is 6.04 Å². The monoisotopic (exact) mass is 349 g/mol. The van der Waals surface area contributed by atoms with Crippen LogP contribution in [0.4, 0.5) is 5.69 Å². The second-order valence-corrected chi connectivity index (χ2v) is 6.75. The van der Waals surface area contributed by atoms with Gasteiger partial charge in [-0.05, 0) is 30.2 Å². The second kappa shape index (κ2) is 7.17. The zero-order chi connectivity index (χ0) is 17.9. The summed E-state index contributed by atoms with van der Waals surface area (Å²) in [6.07, 6.45) is 2.41. The number of carbonyl (C=O) groups is 1. The zero-order valence-electron chi connectivity index (χ0n) is 14.6. The highest BCUT2D eigenvalue weighted by molar-refractivity contribution is 5.83. The number of nitrogens with zero attached hydrogens (tertiary/aromatic N) is 3. The number of aromatic nitrogens is 2. The summed E-state index contributed by atoms with van der Waals surface area (Å²) in [5.74, 6) is 0.0405. The minimum absolute atomic E-state index is 0.0405. The summed E-state index contributed by atoms with van der Waals surface area (Å²) < 4.78 is 0. The molecule has 1 aliphatic heterocycles. The van der Waals surface area contributed by atoms with Crippen LogP contribution >= 0.6 is 0 Å². The first-order chi connectivity index (χ1) is 12.7. The zero-order valence-corrected chi connectivity index (χ0v) is 14.6. The lowest BCUT2D eigenvalue weighted by atomic mass is 10.1. The molecule has 26 heavy (non-hydrogen) atoms. The number of benzene rings is 2. The Kier molecular flexibility index (Phi) is 4.58. The van der Waals surface area contributed by atoms with Crippen molar-refractivity contribution in [2.45, 2.75) is 12.5 Å². The summed E-state index contributed by atoms with van der Waals surface area (Å²) in [7, 11) is 0. The maximum atomic E-state index is 12.7. The SMILES string of the molecule is N[C@H](Cc1ccccc1)C(=O)N1CCN(c2ccc3[nH]ncc3c2)CC1. The van der Waals surface area contributed by atoms with E-state index in [9.17, 15) is 4.79 Å². The molecule has 1 fully saturated rings. The molecule has 0 unspecified atom stereocenters. The Morgan fingerprint density at radius 2 is 1.88 bits per heavy atom. The quantitative estimate of drug-likeness (QED) is 0.753. The van der Waals surface area contributed by atoms with Gasteiger partial charge in [0, 0.05) is 37.3 Å². The third kappa shape index (κ3) is 3.41. The second-order valence-electron chi connectivity index (χ2n) is 6.75. The molecular weight excluding hydrogens is 326 g/mol. The fourth-order valence-corrected chi connectivity index (χ4v) is 3.50. The Balaban J connectivity index is 1.35. The van der Waals surface area contributed by atoms with Crippen LogP contribution in [0.3, 0.4) is 0 Å². The summed E-state index contributed by atoms with van der Waals surface area (Å²) >= 11 is 0. The van der Waals surface area contributed by atoms with Crippen LogP contribution in [0.25, 0.3) is 10.9 Å². The fourth-order valence-electron chi connectivity index (χ4n) is 3.50. The van der Waals surface area contributed by atoms with Crippen LogP contribution in [0.5, 0.6) is 0 Å². The molecule has 1 aromatic heterocycles. The van der Waals surface area contributed by atoms with Gasteiger partial charge in [0.05, 0.1) is 17.8 Å². The molecule has 1 aliphatic rings. The average Bonchev–Trinajstić information content (AvgIpc) is 3.16. The third-order valence-electron chi connectivity index (χ3n) is 5.00. The third-order valence-corrected chi connectivity index (χ3v) is 5.00. The Labute approximate surface area is 152 Å². The van der Waals surface area contributed by atoms with Crippen molar-refractivity contribution < 1.29 is 4.79 Å². The van der Waals surface area contributed by atoms with E-state index in [0.717, 1.165) is 29.6 Å². The number of anilines is 1. The average molecular weight is 349 g/mol. The van der Waals surface area contributed by atoms with Gasteiger partial charge in [-0.25, -0.2) is 0 Å². The van der Waals surface area contributed by atoms with Crippen molar-refractivity contribution in [3.8, 4) is 0 Å². The maximum absolute atomic E-state index is 12.7. The molecule has 1 atom stereocenters. The Bertz CT molecular complexity index is 883. The smallest absolute Gasteiger partial charge is 0.239 e. The number of nitrogens with two attached hydrogens (primary N) is 1. The van der Waals surface area contributed by atoms with E-state index in [1.54, 1.807) is 0 Å². The number of aromatic amines is 1. The molecular formula is C20H23N5O. The summed E-state index contributed by atoms with van der Waals surface area (Å²) in [4.78, 5) is 16.8. The molecule has 6 heteroatoms. The Morgan fingerprint density at radius 1 is 1.12 bits per heavy atom. The predicted molar refractivity (Wildman–Crippen MR) is 103 cm³/mol. The van der Waals surface area contributed by atoms with E-state index in [0.29, 0.717) is 19.5 Å². The van der Waals surface area contributed by atoms with Crippen LogP contribution in [0.15, 0.2) is 54.7 Å². The van der Waals surface area contributed by atoms with E-state index in [1.807, 2.05) is 47.5 Å². The summed E-state index contributed by atoms with van der Waals surface area (Å²) in [5.41, 5.74) is 9.46. The van der Waals surface area contributed by atoms with Gasteiger partial charge in [-0.3, -0.25) is 9.89 Å². The molecule has 2 heterocycles. The van der Waals surface area contributed by atoms with Crippen molar-refractivity contribution in [2.24, 2.45) is 5.73 Å². The number of hydrogen-bond acceptors (Lipinski definition) is 4. The van der Waals surface area contributed by atoms with Crippen molar-refractivity contribution in [3.05, 3.63) is 60.3 Å². The molecule has 134 valence electrons. The van der Waals surface area contributed by atoms with Crippen LogP contribution in [0.1, 0.15) is 5.56 Å². The fraction of sp³-hybridized carbons (Fsp3) is 0.300. The number of fused-ring (bicyclic) bond motifs is 1. The molecule has 0 bridgehead atoms. The number of nitrogens with one attached hydrogen (secondary N) is 1. The highest BCUT2D eigenvalue weighted by atomic mass is 16.2. The number of rotatable bonds is 4. The van der Waals surface area contributed by atoms with E-state index >= 15 is 0 Å². The molecule has 1 amide bonds. The molecule has 4 rings (SSSR count). The first-order valence-electron chi connectivity index (χ1n) is 8.97. The molecule has 6 nitrogen and oxygen atoms in total. The first kappa shape index (κ1) is 16.6. The Hall–Kier alpha value is -2.86. The van der Waals surface area contributed by atoms with E-state index in [4.69, 9.17) is 5.73 Å². The summed E-state index contributed by atoms with van der Waals surface area (Å²) in [6.45, 7) is 3.02. The van der Waals surface area contributed by atoms with Crippen LogP contribution in [-0.4, -0.2) is 53.2 Å². The van der Waals surface area contributed by atoms with Crippen LogP contribution in [-0.2, 0) is 11.2 Å². The van der Waals surface area contributed by atoms with Gasteiger partial charge in [-0.2, -0.15) is 5.10 Å². The molecule has 0 saturated carbocycles. The largest absolute Gasteiger partial charge is 0.368 e. The molecule has 1 saturated heterocycles. The van der Waals surface area contributed by atoms with Crippen molar-refractivity contribution in [3.63, 3.8) is 0 Å². The van der Waals surface area contributed by atoms with Crippen molar-refractivity contribution in [1.29, 1.82) is 0 Å². The minimum Gasteiger partial charge on any atom is -0.368 e. The lowest BCUT2D eigenvalue weighted by Crippen LogP contribution is -2.53. The summed E-state index contributed by atoms with van der Waals surface area (Å²) in [5, 5.41) is 8.14. The topological polar surface area (TPSA) is 78.3 Å². The summed E-state index contributed by atoms with van der Waals surface area (Å²) in [6, 6.07) is 15.7. The van der Waals surface area contributed by atoms with Crippen molar-refractivity contribution >= 4 is 22.5 Å². The maximum Gasteiger partial charge on any atom is 0.239 e. The lowest BCUT2D eigenvalue weighted by Gasteiger charge is -2.37. The molecule has 0 aliphatic carbocycles. The number of piperazine rings is 1. The molecule has 0 spiro atoms. The Morgan fingerprint density at radius 3 is 2.65 bits per heavy atom. The van der Waals surface area contributed by atoms with Crippen LogP contribution < -0.4 is 10.6 Å². The predicted octanol–water partition coefficient (Wildman–Crippen LogP) is 1.78.